The molecule has 2 heteroatoms. The summed E-state index contributed by atoms with van der Waals surface area (Å²) in [4.78, 5) is 0. The van der Waals surface area contributed by atoms with Crippen molar-refractivity contribution in [3.8, 4) is 0 Å². The zero-order chi connectivity index (χ0) is 7.82. The van der Waals surface area contributed by atoms with Crippen molar-refractivity contribution in [1.82, 2.24) is 0 Å². The van der Waals surface area contributed by atoms with Gasteiger partial charge < -0.3 is 10.2 Å². The summed E-state index contributed by atoms with van der Waals surface area (Å²) < 4.78 is 0. The van der Waals surface area contributed by atoms with Crippen molar-refractivity contribution in [3.05, 3.63) is 0 Å². The molecule has 0 aliphatic heterocycles. The number of aliphatic hydroxyl groups is 2. The van der Waals surface area contributed by atoms with Crippen LogP contribution in [-0.2, 0) is 0 Å². The molecular weight excluding hydrogens is 128 g/mol. The highest BCUT2D eigenvalue weighted by Crippen LogP contribution is 2.05. The van der Waals surface area contributed by atoms with Gasteiger partial charge in [0.15, 0.2) is 0 Å². The first kappa shape index (κ1) is 9.92. The molecule has 1 atom stereocenters. The molecule has 0 saturated heterocycles. The summed E-state index contributed by atoms with van der Waals surface area (Å²) in [6.45, 7) is 2.31. The standard InChI is InChI=1S/C8H18O2/c1-2-3-5-8(10)6-4-7-9/h8-10H,2-7H2,1H3/t8-/m0/s1. The maximum absolute atomic E-state index is 9.20. The van der Waals surface area contributed by atoms with Crippen LogP contribution < -0.4 is 0 Å². The van der Waals surface area contributed by atoms with E-state index in [9.17, 15) is 5.11 Å². The summed E-state index contributed by atoms with van der Waals surface area (Å²) >= 11 is 0. The van der Waals surface area contributed by atoms with Crippen molar-refractivity contribution in [3.63, 3.8) is 0 Å². The Morgan fingerprint density at radius 2 is 1.80 bits per heavy atom. The fourth-order valence-electron chi connectivity index (χ4n) is 0.911. The van der Waals surface area contributed by atoms with E-state index in [0.717, 1.165) is 32.1 Å². The molecule has 0 aliphatic carbocycles. The van der Waals surface area contributed by atoms with E-state index < -0.39 is 0 Å². The molecule has 62 valence electrons. The van der Waals surface area contributed by atoms with Gasteiger partial charge in [0.1, 0.15) is 0 Å². The van der Waals surface area contributed by atoms with Crippen LogP contribution in [0.1, 0.15) is 39.0 Å². The van der Waals surface area contributed by atoms with E-state index in [0.29, 0.717) is 0 Å². The summed E-state index contributed by atoms with van der Waals surface area (Å²) in [5.74, 6) is 0. The first-order chi connectivity index (χ1) is 4.81. The van der Waals surface area contributed by atoms with Gasteiger partial charge in [0.2, 0.25) is 0 Å². The maximum Gasteiger partial charge on any atom is 0.0541 e. The van der Waals surface area contributed by atoms with Crippen LogP contribution in [0.3, 0.4) is 0 Å². The molecule has 0 amide bonds. The van der Waals surface area contributed by atoms with Crippen LogP contribution in [0.5, 0.6) is 0 Å². The average molecular weight is 146 g/mol. The zero-order valence-electron chi connectivity index (χ0n) is 6.71. The minimum absolute atomic E-state index is 0.188. The van der Waals surface area contributed by atoms with Gasteiger partial charge in [-0.05, 0) is 19.3 Å². The molecule has 0 aromatic rings. The summed E-state index contributed by atoms with van der Waals surface area (Å²) in [7, 11) is 0. The van der Waals surface area contributed by atoms with E-state index in [2.05, 4.69) is 6.92 Å². The highest BCUT2D eigenvalue weighted by atomic mass is 16.3. The molecule has 0 aliphatic rings. The van der Waals surface area contributed by atoms with Crippen LogP contribution in [0.2, 0.25) is 0 Å². The Hall–Kier alpha value is -0.0800. The average Bonchev–Trinajstić information content (AvgIpc) is 1.97. The fraction of sp³-hybridized carbons (Fsp3) is 1.00. The Bertz CT molecular complexity index is 56.3. The molecule has 0 spiro atoms. The lowest BCUT2D eigenvalue weighted by Gasteiger charge is -2.07. The first-order valence-corrected chi connectivity index (χ1v) is 4.10. The third-order valence-electron chi connectivity index (χ3n) is 1.59. The minimum atomic E-state index is -0.188. The monoisotopic (exact) mass is 146 g/mol. The predicted octanol–water partition coefficient (Wildman–Crippen LogP) is 1.31. The van der Waals surface area contributed by atoms with Crippen molar-refractivity contribution in [2.75, 3.05) is 6.61 Å². The van der Waals surface area contributed by atoms with Crippen LogP contribution >= 0.6 is 0 Å². The molecule has 0 radical (unpaired) electrons. The second kappa shape index (κ2) is 7.03. The fourth-order valence-corrected chi connectivity index (χ4v) is 0.911. The van der Waals surface area contributed by atoms with Crippen molar-refractivity contribution in [1.29, 1.82) is 0 Å². The van der Waals surface area contributed by atoms with Gasteiger partial charge in [-0.2, -0.15) is 0 Å². The number of aliphatic hydroxyl groups excluding tert-OH is 2. The molecule has 0 fully saturated rings. The van der Waals surface area contributed by atoms with E-state index in [1.165, 1.54) is 0 Å². The van der Waals surface area contributed by atoms with Gasteiger partial charge in [-0.15, -0.1) is 0 Å². The van der Waals surface area contributed by atoms with E-state index in [-0.39, 0.29) is 12.7 Å². The predicted molar refractivity (Wildman–Crippen MR) is 41.9 cm³/mol. The number of unbranched alkanes of at least 4 members (excludes halogenated alkanes) is 1. The molecule has 10 heavy (non-hydrogen) atoms. The molecule has 2 N–H and O–H groups in total. The molecule has 0 unspecified atom stereocenters. The molecule has 0 rings (SSSR count). The Morgan fingerprint density at radius 1 is 1.20 bits per heavy atom. The lowest BCUT2D eigenvalue weighted by Crippen LogP contribution is -2.06. The van der Waals surface area contributed by atoms with Crippen molar-refractivity contribution in [2.24, 2.45) is 0 Å². The van der Waals surface area contributed by atoms with Crippen molar-refractivity contribution >= 4 is 0 Å². The Morgan fingerprint density at radius 3 is 2.30 bits per heavy atom. The van der Waals surface area contributed by atoms with Crippen molar-refractivity contribution in [2.45, 2.75) is 45.1 Å². The summed E-state index contributed by atoms with van der Waals surface area (Å²) in [5, 5.41) is 17.6. The molecule has 0 saturated carbocycles. The highest BCUT2D eigenvalue weighted by molar-refractivity contribution is 4.54. The summed E-state index contributed by atoms with van der Waals surface area (Å²) in [5.41, 5.74) is 0. The lowest BCUT2D eigenvalue weighted by atomic mass is 10.1. The Labute approximate surface area is 62.9 Å². The first-order valence-electron chi connectivity index (χ1n) is 4.10. The number of hydrogen-bond acceptors (Lipinski definition) is 2. The van der Waals surface area contributed by atoms with Gasteiger partial charge >= 0.3 is 0 Å². The van der Waals surface area contributed by atoms with E-state index in [1.807, 2.05) is 0 Å². The SMILES string of the molecule is CCCC[C@H](O)CCCO. The molecule has 0 bridgehead atoms. The van der Waals surface area contributed by atoms with Crippen LogP contribution in [-0.4, -0.2) is 22.9 Å². The normalized spacial score (nSPS) is 13.5. The van der Waals surface area contributed by atoms with E-state index in [4.69, 9.17) is 5.11 Å². The van der Waals surface area contributed by atoms with Crippen LogP contribution in [0.4, 0.5) is 0 Å². The second-order valence-corrected chi connectivity index (χ2v) is 2.66. The van der Waals surface area contributed by atoms with Gasteiger partial charge in [-0.25, -0.2) is 0 Å². The second-order valence-electron chi connectivity index (χ2n) is 2.66. The van der Waals surface area contributed by atoms with Gasteiger partial charge in [-0.3, -0.25) is 0 Å². The lowest BCUT2D eigenvalue weighted by molar-refractivity contribution is 0.138. The van der Waals surface area contributed by atoms with Gasteiger partial charge in [0.05, 0.1) is 6.10 Å². The van der Waals surface area contributed by atoms with Crippen molar-refractivity contribution < 1.29 is 10.2 Å². The zero-order valence-corrected chi connectivity index (χ0v) is 6.71. The van der Waals surface area contributed by atoms with E-state index >= 15 is 0 Å². The van der Waals surface area contributed by atoms with Gasteiger partial charge in [-0.1, -0.05) is 19.8 Å². The molecule has 0 aromatic carbocycles. The molecular formula is C8H18O2. The largest absolute Gasteiger partial charge is 0.396 e. The summed E-state index contributed by atoms with van der Waals surface area (Å²) in [6.07, 6.45) is 4.40. The van der Waals surface area contributed by atoms with Crippen LogP contribution in [0.25, 0.3) is 0 Å². The minimum Gasteiger partial charge on any atom is -0.396 e. The highest BCUT2D eigenvalue weighted by Gasteiger charge is 2.00. The van der Waals surface area contributed by atoms with Crippen LogP contribution in [0.15, 0.2) is 0 Å². The molecule has 2 nitrogen and oxygen atoms in total. The molecule has 0 heterocycles. The summed E-state index contributed by atoms with van der Waals surface area (Å²) in [6, 6.07) is 0. The van der Waals surface area contributed by atoms with Gasteiger partial charge in [0.25, 0.3) is 0 Å². The smallest absolute Gasteiger partial charge is 0.0541 e. The number of hydrogen-bond donors (Lipinski definition) is 2. The van der Waals surface area contributed by atoms with Gasteiger partial charge in [0, 0.05) is 6.61 Å². The van der Waals surface area contributed by atoms with Crippen LogP contribution in [0, 0.1) is 0 Å². The van der Waals surface area contributed by atoms with E-state index in [1.54, 1.807) is 0 Å². The third-order valence-corrected chi connectivity index (χ3v) is 1.59. The topological polar surface area (TPSA) is 40.5 Å². The Balaban J connectivity index is 3.00. The third kappa shape index (κ3) is 6.05. The Kier molecular flexibility index (Phi) is 6.98. The number of rotatable bonds is 6. The quantitative estimate of drug-likeness (QED) is 0.593. The maximum atomic E-state index is 9.20. The molecule has 0 aromatic heterocycles.